The van der Waals surface area contributed by atoms with Crippen LogP contribution in [0.25, 0.3) is 0 Å². The van der Waals surface area contributed by atoms with Gasteiger partial charge in [0.2, 0.25) is 0 Å². The Morgan fingerprint density at radius 3 is 2.42 bits per heavy atom. The highest BCUT2D eigenvalue weighted by Gasteiger charge is 2.46. The molecule has 3 rings (SSSR count). The quantitative estimate of drug-likeness (QED) is 0.839. The van der Waals surface area contributed by atoms with Crippen LogP contribution in [0.5, 0.6) is 0 Å². The summed E-state index contributed by atoms with van der Waals surface area (Å²) in [7, 11) is 0. The Kier molecular flexibility index (Phi) is 3.35. The zero-order valence-electron chi connectivity index (χ0n) is 11.3. The maximum atomic E-state index is 10.6. The number of piperidine rings is 1. The van der Waals surface area contributed by atoms with Crippen LogP contribution in [0.3, 0.4) is 0 Å². The Bertz CT molecular complexity index is 462. The maximum absolute atomic E-state index is 10.6. The van der Waals surface area contributed by atoms with Crippen LogP contribution in [0.1, 0.15) is 37.7 Å². The molecular formula is C17H21NO. The molecule has 100 valence electrons. The fourth-order valence-electron chi connectivity index (χ4n) is 3.80. The summed E-state index contributed by atoms with van der Waals surface area (Å²) >= 11 is 0. The summed E-state index contributed by atoms with van der Waals surface area (Å²) < 4.78 is 0. The summed E-state index contributed by atoms with van der Waals surface area (Å²) in [5.74, 6) is 2.64. The van der Waals surface area contributed by atoms with E-state index in [2.05, 4.69) is 41.2 Å². The summed E-state index contributed by atoms with van der Waals surface area (Å²) in [6, 6.07) is 11.6. The van der Waals surface area contributed by atoms with Gasteiger partial charge in [0.05, 0.1) is 5.60 Å². The second-order valence-electron chi connectivity index (χ2n) is 6.06. The van der Waals surface area contributed by atoms with Crippen molar-refractivity contribution in [3.05, 3.63) is 35.9 Å². The topological polar surface area (TPSA) is 23.5 Å². The smallest absolute Gasteiger partial charge is 0.0786 e. The van der Waals surface area contributed by atoms with Gasteiger partial charge in [0.15, 0.2) is 0 Å². The SMILES string of the molecule is C#CCC1(O)CC2CCC(C1)N2Cc1ccccc1. The van der Waals surface area contributed by atoms with Crippen molar-refractivity contribution >= 4 is 0 Å². The first-order chi connectivity index (χ1) is 9.20. The molecule has 2 saturated heterocycles. The van der Waals surface area contributed by atoms with E-state index in [1.54, 1.807) is 0 Å². The predicted molar refractivity (Wildman–Crippen MR) is 76.4 cm³/mol. The van der Waals surface area contributed by atoms with Gasteiger partial charge in [0.25, 0.3) is 0 Å². The Hall–Kier alpha value is -1.30. The Labute approximate surface area is 115 Å². The number of aliphatic hydroxyl groups is 1. The second kappa shape index (κ2) is 5.00. The van der Waals surface area contributed by atoms with Crippen LogP contribution in [0.4, 0.5) is 0 Å². The van der Waals surface area contributed by atoms with Crippen LogP contribution in [0.2, 0.25) is 0 Å². The zero-order valence-corrected chi connectivity index (χ0v) is 11.3. The van der Waals surface area contributed by atoms with E-state index in [4.69, 9.17) is 6.42 Å². The molecule has 2 atom stereocenters. The molecule has 2 aliphatic rings. The first-order valence-electron chi connectivity index (χ1n) is 7.16. The molecule has 0 aliphatic carbocycles. The molecule has 2 nitrogen and oxygen atoms in total. The normalized spacial score (nSPS) is 34.1. The van der Waals surface area contributed by atoms with Crippen molar-refractivity contribution in [1.82, 2.24) is 4.90 Å². The van der Waals surface area contributed by atoms with Gasteiger partial charge in [0.1, 0.15) is 0 Å². The van der Waals surface area contributed by atoms with Crippen LogP contribution < -0.4 is 0 Å². The zero-order chi connectivity index (χ0) is 13.3. The highest BCUT2D eigenvalue weighted by atomic mass is 16.3. The van der Waals surface area contributed by atoms with Gasteiger partial charge in [-0.2, -0.15) is 0 Å². The van der Waals surface area contributed by atoms with Gasteiger partial charge in [-0.25, -0.2) is 0 Å². The molecular weight excluding hydrogens is 234 g/mol. The number of terminal acetylenes is 1. The van der Waals surface area contributed by atoms with Gasteiger partial charge in [-0.3, -0.25) is 4.90 Å². The van der Waals surface area contributed by atoms with E-state index in [0.29, 0.717) is 18.5 Å². The molecule has 2 fully saturated rings. The van der Waals surface area contributed by atoms with Crippen molar-refractivity contribution in [2.45, 2.75) is 56.3 Å². The summed E-state index contributed by atoms with van der Waals surface area (Å²) in [5, 5.41) is 10.6. The van der Waals surface area contributed by atoms with Gasteiger partial charge in [0, 0.05) is 25.0 Å². The number of hydrogen-bond acceptors (Lipinski definition) is 2. The molecule has 0 aromatic heterocycles. The number of nitrogens with zero attached hydrogens (tertiary/aromatic N) is 1. The van der Waals surface area contributed by atoms with E-state index in [1.807, 2.05) is 0 Å². The lowest BCUT2D eigenvalue weighted by atomic mass is 9.83. The minimum absolute atomic E-state index is 0.498. The monoisotopic (exact) mass is 255 g/mol. The summed E-state index contributed by atoms with van der Waals surface area (Å²) in [6.45, 7) is 1.00. The van der Waals surface area contributed by atoms with Gasteiger partial charge in [-0.05, 0) is 31.2 Å². The van der Waals surface area contributed by atoms with E-state index in [-0.39, 0.29) is 0 Å². The molecule has 0 saturated carbocycles. The highest BCUT2D eigenvalue weighted by molar-refractivity contribution is 5.16. The van der Waals surface area contributed by atoms with E-state index < -0.39 is 5.60 Å². The molecule has 19 heavy (non-hydrogen) atoms. The van der Waals surface area contributed by atoms with E-state index in [9.17, 15) is 5.11 Å². The minimum Gasteiger partial charge on any atom is -0.389 e. The fourth-order valence-corrected chi connectivity index (χ4v) is 3.80. The van der Waals surface area contributed by atoms with Crippen LogP contribution in [0.15, 0.2) is 30.3 Å². The Morgan fingerprint density at radius 2 is 1.84 bits per heavy atom. The van der Waals surface area contributed by atoms with Crippen molar-refractivity contribution in [1.29, 1.82) is 0 Å². The molecule has 0 amide bonds. The molecule has 2 bridgehead atoms. The lowest BCUT2D eigenvalue weighted by molar-refractivity contribution is -0.0508. The van der Waals surface area contributed by atoms with Crippen molar-refractivity contribution < 1.29 is 5.11 Å². The second-order valence-corrected chi connectivity index (χ2v) is 6.06. The van der Waals surface area contributed by atoms with Gasteiger partial charge in [-0.1, -0.05) is 30.3 Å². The maximum Gasteiger partial charge on any atom is 0.0786 e. The first kappa shape index (κ1) is 12.7. The van der Waals surface area contributed by atoms with Crippen molar-refractivity contribution in [2.75, 3.05) is 0 Å². The molecule has 2 unspecified atom stereocenters. The Morgan fingerprint density at radius 1 is 1.21 bits per heavy atom. The van der Waals surface area contributed by atoms with E-state index in [1.165, 1.54) is 18.4 Å². The lowest BCUT2D eigenvalue weighted by Crippen LogP contribution is -2.50. The third-order valence-electron chi connectivity index (χ3n) is 4.64. The average Bonchev–Trinajstić information content (AvgIpc) is 2.65. The van der Waals surface area contributed by atoms with Crippen LogP contribution in [0, 0.1) is 12.3 Å². The van der Waals surface area contributed by atoms with Crippen LogP contribution in [-0.4, -0.2) is 27.7 Å². The number of hydrogen-bond donors (Lipinski definition) is 1. The average molecular weight is 255 g/mol. The standard InChI is InChI=1S/C17H21NO/c1-2-10-17(19)11-15-8-9-16(12-17)18(15)13-14-6-4-3-5-7-14/h1,3-7,15-16,19H,8-13H2. The van der Waals surface area contributed by atoms with Gasteiger partial charge < -0.3 is 5.11 Å². The molecule has 0 radical (unpaired) electrons. The van der Waals surface area contributed by atoms with Gasteiger partial charge >= 0.3 is 0 Å². The summed E-state index contributed by atoms with van der Waals surface area (Å²) in [5.41, 5.74) is 0.745. The van der Waals surface area contributed by atoms with E-state index >= 15 is 0 Å². The van der Waals surface area contributed by atoms with E-state index in [0.717, 1.165) is 19.4 Å². The molecule has 1 N–H and O–H groups in total. The third-order valence-corrected chi connectivity index (χ3v) is 4.64. The molecule has 0 spiro atoms. The molecule has 2 aliphatic heterocycles. The van der Waals surface area contributed by atoms with Gasteiger partial charge in [-0.15, -0.1) is 12.3 Å². The molecule has 1 aromatic rings. The number of rotatable bonds is 3. The largest absolute Gasteiger partial charge is 0.389 e. The summed E-state index contributed by atoms with van der Waals surface area (Å²) in [4.78, 5) is 2.57. The van der Waals surface area contributed by atoms with Crippen molar-refractivity contribution in [3.8, 4) is 12.3 Å². The lowest BCUT2D eigenvalue weighted by Gasteiger charge is -2.43. The predicted octanol–water partition coefficient (Wildman–Crippen LogP) is 2.57. The number of benzene rings is 1. The molecule has 2 heteroatoms. The summed E-state index contributed by atoms with van der Waals surface area (Å²) in [6.07, 6.45) is 9.95. The fraction of sp³-hybridized carbons (Fsp3) is 0.529. The third kappa shape index (κ3) is 2.54. The highest BCUT2D eigenvalue weighted by Crippen LogP contribution is 2.42. The minimum atomic E-state index is -0.617. The van der Waals surface area contributed by atoms with Crippen LogP contribution in [-0.2, 0) is 6.54 Å². The van der Waals surface area contributed by atoms with Crippen LogP contribution >= 0.6 is 0 Å². The number of fused-ring (bicyclic) bond motifs is 2. The Balaban J connectivity index is 1.72. The first-order valence-corrected chi connectivity index (χ1v) is 7.16. The molecule has 2 heterocycles. The van der Waals surface area contributed by atoms with Crippen molar-refractivity contribution in [3.63, 3.8) is 0 Å². The molecule has 1 aromatic carbocycles. The van der Waals surface area contributed by atoms with Crippen molar-refractivity contribution in [2.24, 2.45) is 0 Å².